The second kappa shape index (κ2) is 11.1. The van der Waals surface area contributed by atoms with Crippen molar-refractivity contribution in [3.8, 4) is 11.5 Å². The van der Waals surface area contributed by atoms with Crippen LogP contribution >= 0.6 is 11.3 Å². The van der Waals surface area contributed by atoms with E-state index < -0.39 is 24.3 Å². The fourth-order valence-corrected chi connectivity index (χ4v) is 4.29. The minimum absolute atomic E-state index is 0.00752. The monoisotopic (exact) mass is 549 g/mol. The lowest BCUT2D eigenvalue weighted by Crippen LogP contribution is -2.25. The Kier molecular flexibility index (Phi) is 7.81. The Morgan fingerprint density at radius 2 is 1.97 bits per heavy atom. The Balaban J connectivity index is 1.63. The largest absolute Gasteiger partial charge is 0.458 e. The van der Waals surface area contributed by atoms with Crippen LogP contribution in [-0.2, 0) is 12.7 Å². The first-order chi connectivity index (χ1) is 18.0. The topological polar surface area (TPSA) is 64.9 Å². The number of aromatic nitrogens is 2. The minimum Gasteiger partial charge on any atom is -0.458 e. The van der Waals surface area contributed by atoms with E-state index in [2.05, 4.69) is 21.6 Å². The van der Waals surface area contributed by atoms with Gasteiger partial charge in [-0.25, -0.2) is 4.98 Å². The van der Waals surface area contributed by atoms with Crippen LogP contribution in [0.1, 0.15) is 39.8 Å². The number of hydrogen-bond acceptors (Lipinski definition) is 5. The van der Waals surface area contributed by atoms with Gasteiger partial charge in [-0.05, 0) is 42.8 Å². The molecule has 2 heterocycles. The van der Waals surface area contributed by atoms with Crippen LogP contribution in [0.4, 0.5) is 22.0 Å². The normalized spacial score (nSPS) is 11.9. The number of nitrogens with one attached hydrogen (secondary N) is 1. The predicted molar refractivity (Wildman–Crippen MR) is 133 cm³/mol. The molecule has 0 spiro atoms. The Morgan fingerprint density at radius 1 is 1.21 bits per heavy atom. The highest BCUT2D eigenvalue weighted by molar-refractivity contribution is 7.15. The number of rotatable bonds is 9. The van der Waals surface area contributed by atoms with E-state index in [4.69, 9.17) is 4.74 Å². The van der Waals surface area contributed by atoms with Crippen molar-refractivity contribution in [1.29, 1.82) is 0 Å². The van der Waals surface area contributed by atoms with E-state index in [-0.39, 0.29) is 40.8 Å². The molecule has 0 fully saturated rings. The summed E-state index contributed by atoms with van der Waals surface area (Å²) < 4.78 is 76.5. The highest BCUT2D eigenvalue weighted by atomic mass is 32.1. The summed E-state index contributed by atoms with van der Waals surface area (Å²) in [5.74, 6) is -0.522. The van der Waals surface area contributed by atoms with Gasteiger partial charge in [0.1, 0.15) is 5.69 Å². The Morgan fingerprint density at radius 3 is 2.68 bits per heavy atom. The molecular weight excluding hydrogens is 529 g/mol. The molecule has 198 valence electrons. The first-order valence-electron chi connectivity index (χ1n) is 11.0. The van der Waals surface area contributed by atoms with Gasteiger partial charge in [-0.2, -0.15) is 22.0 Å². The molecule has 12 heteroatoms. The lowest BCUT2D eigenvalue weighted by atomic mass is 10.1. The molecule has 4 rings (SSSR count). The molecule has 0 unspecified atom stereocenters. The van der Waals surface area contributed by atoms with Gasteiger partial charge in [0.2, 0.25) is 0 Å². The van der Waals surface area contributed by atoms with Crippen LogP contribution in [0.15, 0.2) is 66.4 Å². The van der Waals surface area contributed by atoms with E-state index in [1.54, 1.807) is 29.0 Å². The summed E-state index contributed by atoms with van der Waals surface area (Å²) in [4.78, 5) is 18.1. The van der Waals surface area contributed by atoms with Crippen molar-refractivity contribution in [2.75, 3.05) is 0 Å². The molecule has 0 bridgehead atoms. The van der Waals surface area contributed by atoms with Gasteiger partial charge in [0.25, 0.3) is 5.91 Å². The summed E-state index contributed by atoms with van der Waals surface area (Å²) in [7, 11) is 0. The maximum atomic E-state index is 13.1. The predicted octanol–water partition coefficient (Wildman–Crippen LogP) is 7.03. The van der Waals surface area contributed by atoms with Gasteiger partial charge in [-0.15, -0.1) is 11.3 Å². The quantitative estimate of drug-likeness (QED) is 0.180. The average Bonchev–Trinajstić information content (AvgIpc) is 3.43. The number of allylic oxidation sites excluding steroid dienone is 1. The van der Waals surface area contributed by atoms with E-state index in [1.165, 1.54) is 47.8 Å². The van der Waals surface area contributed by atoms with Gasteiger partial charge < -0.3 is 14.8 Å². The molecule has 2 aromatic heterocycles. The number of nitrogens with zero attached hydrogens (tertiary/aromatic N) is 2. The van der Waals surface area contributed by atoms with Crippen LogP contribution in [0, 0.1) is 0 Å². The lowest BCUT2D eigenvalue weighted by Gasteiger charge is -2.14. The minimum atomic E-state index is -4.50. The summed E-state index contributed by atoms with van der Waals surface area (Å²) in [6, 6.07) is 9.08. The van der Waals surface area contributed by atoms with E-state index in [0.717, 1.165) is 12.1 Å². The number of carbonyl (C=O) groups excluding carboxylic acids is 1. The highest BCUT2D eigenvalue weighted by Crippen LogP contribution is 2.35. The number of para-hydroxylation sites is 1. The molecule has 0 aliphatic carbocycles. The third kappa shape index (κ3) is 6.20. The first kappa shape index (κ1) is 26.9. The van der Waals surface area contributed by atoms with Crippen LogP contribution in [0.2, 0.25) is 0 Å². The van der Waals surface area contributed by atoms with Crippen molar-refractivity contribution in [2.24, 2.45) is 0 Å². The van der Waals surface area contributed by atoms with Gasteiger partial charge >= 0.3 is 12.8 Å². The second-order valence-electron chi connectivity index (χ2n) is 7.97. The summed E-state index contributed by atoms with van der Waals surface area (Å²) in [5.41, 5.74) is 0.210. The van der Waals surface area contributed by atoms with Crippen LogP contribution in [0.25, 0.3) is 17.1 Å². The molecule has 0 saturated heterocycles. The van der Waals surface area contributed by atoms with Crippen molar-refractivity contribution in [3.05, 3.63) is 94.5 Å². The number of fused-ring (bicyclic) bond motifs is 1. The third-order valence-electron chi connectivity index (χ3n) is 5.13. The van der Waals surface area contributed by atoms with E-state index in [0.29, 0.717) is 10.5 Å². The maximum absolute atomic E-state index is 13.1. The maximum Gasteiger partial charge on any atom is 0.416 e. The van der Waals surface area contributed by atoms with E-state index in [9.17, 15) is 26.7 Å². The Labute approximate surface area is 217 Å². The molecule has 0 atom stereocenters. The molecule has 1 N–H and O–H groups in total. The first-order valence-corrected chi connectivity index (χ1v) is 11.9. The van der Waals surface area contributed by atoms with E-state index >= 15 is 0 Å². The molecule has 0 saturated carbocycles. The van der Waals surface area contributed by atoms with Crippen LogP contribution in [0.5, 0.6) is 11.5 Å². The van der Waals surface area contributed by atoms with Gasteiger partial charge in [0.15, 0.2) is 16.5 Å². The lowest BCUT2D eigenvalue weighted by molar-refractivity contribution is -0.137. The fraction of sp³-hybridized carbons (Fsp3) is 0.154. The van der Waals surface area contributed by atoms with Crippen LogP contribution in [-0.4, -0.2) is 21.9 Å². The number of hydrogen-bond donors (Lipinski definition) is 1. The second-order valence-corrected chi connectivity index (χ2v) is 8.85. The van der Waals surface area contributed by atoms with E-state index in [1.807, 2.05) is 0 Å². The van der Waals surface area contributed by atoms with Gasteiger partial charge in [-0.3, -0.25) is 9.20 Å². The molecule has 4 aromatic rings. The number of thiazole rings is 1. The third-order valence-corrected chi connectivity index (χ3v) is 5.89. The molecule has 38 heavy (non-hydrogen) atoms. The number of imidazole rings is 1. The molecule has 0 radical (unpaired) electrons. The molecule has 1 amide bonds. The highest BCUT2D eigenvalue weighted by Gasteiger charge is 2.30. The Hall–Kier alpha value is -4.19. The SMILES string of the molecule is C=C(C)Oc1c(/C=C/c2nc3sccn3c2C(=O)NCc2cccc(C(F)(F)F)c2)cccc1OC(F)F. The summed E-state index contributed by atoms with van der Waals surface area (Å²) in [5, 5.41) is 4.36. The number of carbonyl (C=O) groups is 1. The van der Waals surface area contributed by atoms with Gasteiger partial charge in [0, 0.05) is 23.7 Å². The molecule has 0 aliphatic heterocycles. The summed E-state index contributed by atoms with van der Waals surface area (Å²) >= 11 is 1.27. The molecule has 6 nitrogen and oxygen atoms in total. The van der Waals surface area contributed by atoms with Crippen molar-refractivity contribution < 1.29 is 36.2 Å². The zero-order valence-corrected chi connectivity index (χ0v) is 20.6. The summed E-state index contributed by atoms with van der Waals surface area (Å²) in [6.07, 6.45) is 0.158. The average molecular weight is 550 g/mol. The smallest absolute Gasteiger partial charge is 0.416 e. The zero-order valence-electron chi connectivity index (χ0n) is 19.8. The molecule has 0 aliphatic rings. The number of alkyl halides is 5. The van der Waals surface area contributed by atoms with Gasteiger partial charge in [-0.1, -0.05) is 30.8 Å². The zero-order chi connectivity index (χ0) is 27.4. The van der Waals surface area contributed by atoms with Crippen molar-refractivity contribution in [1.82, 2.24) is 14.7 Å². The number of ether oxygens (including phenoxy) is 2. The molecular formula is C26H20F5N3O3S. The molecule has 2 aromatic carbocycles. The van der Waals surface area contributed by atoms with Crippen LogP contribution < -0.4 is 14.8 Å². The summed E-state index contributed by atoms with van der Waals surface area (Å²) in [6.45, 7) is 1.96. The van der Waals surface area contributed by atoms with Crippen molar-refractivity contribution in [3.63, 3.8) is 0 Å². The van der Waals surface area contributed by atoms with Crippen molar-refractivity contribution in [2.45, 2.75) is 26.3 Å². The number of halogens is 5. The number of amides is 1. The van der Waals surface area contributed by atoms with Crippen molar-refractivity contribution >= 4 is 34.4 Å². The number of benzene rings is 2. The fourth-order valence-electron chi connectivity index (χ4n) is 3.57. The van der Waals surface area contributed by atoms with Gasteiger partial charge in [0.05, 0.1) is 17.0 Å². The standard InChI is InChI=1S/C26H20F5N3O3S/c1-15(2)36-22-17(6-4-8-20(22)37-24(27)28)9-10-19-21(34-11-12-38-25(34)33-19)23(35)32-14-16-5-3-7-18(13-16)26(29,30)31/h3-13,24H,1,14H2,2H3,(H,32,35)/b10-9+. The Bertz CT molecular complexity index is 1510. The van der Waals surface area contributed by atoms with Crippen LogP contribution in [0.3, 0.4) is 0 Å².